The maximum absolute atomic E-state index is 5.69. The van der Waals surface area contributed by atoms with Crippen LogP contribution in [-0.4, -0.2) is 19.1 Å². The Morgan fingerprint density at radius 2 is 1.44 bits per heavy atom. The summed E-state index contributed by atoms with van der Waals surface area (Å²) in [5, 5.41) is 3.51. The molecule has 0 rings (SSSR count). The Bertz CT molecular complexity index is 124. The first-order chi connectivity index (χ1) is 7.77. The zero-order valence-electron chi connectivity index (χ0n) is 11.4. The average Bonchev–Trinajstić information content (AvgIpc) is 2.25. The third kappa shape index (κ3) is 13.9. The van der Waals surface area contributed by atoms with Crippen LogP contribution in [-0.2, 0) is 0 Å². The minimum Gasteiger partial charge on any atom is -0.328 e. The van der Waals surface area contributed by atoms with Crippen LogP contribution >= 0.6 is 0 Å². The Morgan fingerprint density at radius 3 is 2.06 bits per heavy atom. The minimum atomic E-state index is 0.374. The largest absolute Gasteiger partial charge is 0.328 e. The monoisotopic (exact) mass is 228 g/mol. The lowest BCUT2D eigenvalue weighted by Crippen LogP contribution is -2.18. The summed E-state index contributed by atoms with van der Waals surface area (Å²) in [6.45, 7) is 6.72. The quantitative estimate of drug-likeness (QED) is 0.502. The summed E-state index contributed by atoms with van der Waals surface area (Å²) in [6, 6.07) is 0.374. The SMILES string of the molecule is CCCCCCCCNCCCCC(C)N. The van der Waals surface area contributed by atoms with Crippen LogP contribution < -0.4 is 11.1 Å². The first kappa shape index (κ1) is 15.9. The van der Waals surface area contributed by atoms with Gasteiger partial charge in [-0.2, -0.15) is 0 Å². The molecule has 98 valence electrons. The van der Waals surface area contributed by atoms with Crippen molar-refractivity contribution in [2.75, 3.05) is 13.1 Å². The molecular weight excluding hydrogens is 196 g/mol. The summed E-state index contributed by atoms with van der Waals surface area (Å²) < 4.78 is 0. The van der Waals surface area contributed by atoms with E-state index in [0.29, 0.717) is 6.04 Å². The third-order valence-corrected chi connectivity index (χ3v) is 2.97. The van der Waals surface area contributed by atoms with Gasteiger partial charge in [-0.1, -0.05) is 45.4 Å². The molecule has 2 nitrogen and oxygen atoms in total. The standard InChI is InChI=1S/C14H32N2/c1-3-4-5-6-7-9-12-16-13-10-8-11-14(2)15/h14,16H,3-13,15H2,1-2H3. The molecule has 0 aromatic heterocycles. The van der Waals surface area contributed by atoms with Gasteiger partial charge in [0.2, 0.25) is 0 Å². The second kappa shape index (κ2) is 13.0. The van der Waals surface area contributed by atoms with Crippen molar-refractivity contribution >= 4 is 0 Å². The smallest absolute Gasteiger partial charge is 0.00104 e. The molecule has 0 saturated heterocycles. The van der Waals surface area contributed by atoms with Crippen molar-refractivity contribution in [3.8, 4) is 0 Å². The van der Waals surface area contributed by atoms with Crippen LogP contribution in [0.4, 0.5) is 0 Å². The van der Waals surface area contributed by atoms with Crippen molar-refractivity contribution in [1.29, 1.82) is 0 Å². The first-order valence-electron chi connectivity index (χ1n) is 7.23. The highest BCUT2D eigenvalue weighted by Gasteiger charge is 1.94. The van der Waals surface area contributed by atoms with Crippen LogP contribution in [0.2, 0.25) is 0 Å². The first-order valence-corrected chi connectivity index (χ1v) is 7.23. The molecule has 2 heteroatoms. The maximum Gasteiger partial charge on any atom is 0.00104 e. The summed E-state index contributed by atoms with van der Waals surface area (Å²) >= 11 is 0. The van der Waals surface area contributed by atoms with Crippen molar-refractivity contribution in [3.05, 3.63) is 0 Å². The number of hydrogen-bond acceptors (Lipinski definition) is 2. The van der Waals surface area contributed by atoms with Crippen molar-refractivity contribution in [2.24, 2.45) is 5.73 Å². The van der Waals surface area contributed by atoms with Crippen LogP contribution in [0.3, 0.4) is 0 Å². The zero-order chi connectivity index (χ0) is 12.1. The van der Waals surface area contributed by atoms with E-state index >= 15 is 0 Å². The molecule has 0 aromatic carbocycles. The van der Waals surface area contributed by atoms with Crippen LogP contribution in [0.5, 0.6) is 0 Å². The van der Waals surface area contributed by atoms with E-state index < -0.39 is 0 Å². The van der Waals surface area contributed by atoms with Gasteiger partial charge < -0.3 is 11.1 Å². The van der Waals surface area contributed by atoms with Gasteiger partial charge >= 0.3 is 0 Å². The van der Waals surface area contributed by atoms with Crippen molar-refractivity contribution in [1.82, 2.24) is 5.32 Å². The highest BCUT2D eigenvalue weighted by Crippen LogP contribution is 2.04. The minimum absolute atomic E-state index is 0.374. The molecule has 0 radical (unpaired) electrons. The lowest BCUT2D eigenvalue weighted by Gasteiger charge is -2.06. The molecule has 1 atom stereocenters. The van der Waals surface area contributed by atoms with E-state index in [1.54, 1.807) is 0 Å². The van der Waals surface area contributed by atoms with Gasteiger partial charge in [-0.25, -0.2) is 0 Å². The Balaban J connectivity index is 2.88. The van der Waals surface area contributed by atoms with Crippen molar-refractivity contribution in [3.63, 3.8) is 0 Å². The van der Waals surface area contributed by atoms with Gasteiger partial charge in [-0.05, 0) is 39.3 Å². The van der Waals surface area contributed by atoms with E-state index in [2.05, 4.69) is 19.2 Å². The Morgan fingerprint density at radius 1 is 0.875 bits per heavy atom. The highest BCUT2D eigenvalue weighted by molar-refractivity contribution is 4.55. The zero-order valence-corrected chi connectivity index (χ0v) is 11.4. The van der Waals surface area contributed by atoms with Gasteiger partial charge in [0.15, 0.2) is 0 Å². The fourth-order valence-electron chi connectivity index (χ4n) is 1.87. The molecule has 16 heavy (non-hydrogen) atoms. The van der Waals surface area contributed by atoms with Crippen LogP contribution in [0, 0.1) is 0 Å². The predicted molar refractivity (Wildman–Crippen MR) is 73.7 cm³/mol. The lowest BCUT2D eigenvalue weighted by atomic mass is 10.1. The second-order valence-electron chi connectivity index (χ2n) is 4.99. The molecule has 3 N–H and O–H groups in total. The molecule has 0 heterocycles. The number of unbranched alkanes of at least 4 members (excludes halogenated alkanes) is 6. The summed E-state index contributed by atoms with van der Waals surface area (Å²) in [4.78, 5) is 0. The van der Waals surface area contributed by atoms with Crippen LogP contribution in [0.1, 0.15) is 71.6 Å². The molecule has 0 aromatic rings. The topological polar surface area (TPSA) is 38.0 Å². The summed E-state index contributed by atoms with van der Waals surface area (Å²) in [6.07, 6.45) is 12.0. The van der Waals surface area contributed by atoms with E-state index in [1.165, 1.54) is 70.9 Å². The normalized spacial score (nSPS) is 12.9. The molecule has 0 aliphatic carbocycles. The molecule has 0 spiro atoms. The number of nitrogens with one attached hydrogen (secondary N) is 1. The van der Waals surface area contributed by atoms with Gasteiger partial charge in [-0.15, -0.1) is 0 Å². The van der Waals surface area contributed by atoms with Crippen LogP contribution in [0.15, 0.2) is 0 Å². The maximum atomic E-state index is 5.69. The summed E-state index contributed by atoms with van der Waals surface area (Å²) in [5.74, 6) is 0. The van der Waals surface area contributed by atoms with E-state index in [9.17, 15) is 0 Å². The molecular formula is C14H32N2. The van der Waals surface area contributed by atoms with E-state index in [-0.39, 0.29) is 0 Å². The third-order valence-electron chi connectivity index (χ3n) is 2.97. The molecule has 0 bridgehead atoms. The molecule has 0 aliphatic rings. The molecule has 1 unspecified atom stereocenters. The molecule has 0 fully saturated rings. The van der Waals surface area contributed by atoms with Gasteiger partial charge in [-0.3, -0.25) is 0 Å². The lowest BCUT2D eigenvalue weighted by molar-refractivity contribution is 0.539. The van der Waals surface area contributed by atoms with Gasteiger partial charge in [0, 0.05) is 6.04 Å². The number of hydrogen-bond donors (Lipinski definition) is 2. The Hall–Kier alpha value is -0.0800. The van der Waals surface area contributed by atoms with E-state index in [4.69, 9.17) is 5.73 Å². The molecule has 0 amide bonds. The number of nitrogens with two attached hydrogens (primary N) is 1. The Kier molecular flexibility index (Phi) is 12.9. The fourth-order valence-corrected chi connectivity index (χ4v) is 1.87. The molecule has 0 aliphatic heterocycles. The molecule has 0 saturated carbocycles. The summed E-state index contributed by atoms with van der Waals surface area (Å²) in [7, 11) is 0. The average molecular weight is 228 g/mol. The summed E-state index contributed by atoms with van der Waals surface area (Å²) in [5.41, 5.74) is 5.69. The number of rotatable bonds is 12. The van der Waals surface area contributed by atoms with Gasteiger partial charge in [0.05, 0.1) is 0 Å². The fraction of sp³-hybridized carbons (Fsp3) is 1.00. The van der Waals surface area contributed by atoms with Crippen molar-refractivity contribution in [2.45, 2.75) is 77.7 Å². The van der Waals surface area contributed by atoms with E-state index in [1.807, 2.05) is 0 Å². The van der Waals surface area contributed by atoms with Crippen LogP contribution in [0.25, 0.3) is 0 Å². The van der Waals surface area contributed by atoms with Gasteiger partial charge in [0.25, 0.3) is 0 Å². The second-order valence-corrected chi connectivity index (χ2v) is 4.99. The van der Waals surface area contributed by atoms with Crippen molar-refractivity contribution < 1.29 is 0 Å². The Labute approximate surface area is 102 Å². The van der Waals surface area contributed by atoms with E-state index in [0.717, 1.165) is 0 Å². The van der Waals surface area contributed by atoms with Gasteiger partial charge in [0.1, 0.15) is 0 Å². The predicted octanol–water partition coefficient (Wildman–Crippen LogP) is 3.45. The highest BCUT2D eigenvalue weighted by atomic mass is 14.8.